The van der Waals surface area contributed by atoms with E-state index in [0.29, 0.717) is 5.92 Å². The average Bonchev–Trinajstić information content (AvgIpc) is 2.41. The summed E-state index contributed by atoms with van der Waals surface area (Å²) in [5.41, 5.74) is 1.13. The summed E-state index contributed by atoms with van der Waals surface area (Å²) in [6.07, 6.45) is 2.96. The molecule has 0 aliphatic rings. The van der Waals surface area contributed by atoms with Crippen LogP contribution in [0.5, 0.6) is 0 Å². The van der Waals surface area contributed by atoms with E-state index in [1.54, 1.807) is 6.07 Å². The molecular weight excluding hydrogens is 236 g/mol. The van der Waals surface area contributed by atoms with E-state index in [1.165, 1.54) is 0 Å². The standard InChI is InChI=1S/C16H22N2O/c1-13(2)12-17-9-5-10-18-11-8-16(19)14-6-3-4-7-15(14)18/h3-4,6-8,11,13,17H,5,9-10,12H2,1-2H3. The van der Waals surface area contributed by atoms with Gasteiger partial charge in [0.25, 0.3) is 0 Å². The lowest BCUT2D eigenvalue weighted by Gasteiger charge is -2.11. The third-order valence-corrected chi connectivity index (χ3v) is 3.19. The van der Waals surface area contributed by atoms with E-state index in [-0.39, 0.29) is 5.43 Å². The summed E-state index contributed by atoms with van der Waals surface area (Å²) in [5, 5.41) is 4.25. The maximum Gasteiger partial charge on any atom is 0.189 e. The first-order chi connectivity index (χ1) is 9.18. The van der Waals surface area contributed by atoms with Crippen LogP contribution in [0.4, 0.5) is 0 Å². The Hall–Kier alpha value is -1.61. The number of nitrogens with one attached hydrogen (secondary N) is 1. The van der Waals surface area contributed by atoms with Gasteiger partial charge in [0.1, 0.15) is 0 Å². The van der Waals surface area contributed by atoms with Crippen molar-refractivity contribution in [3.63, 3.8) is 0 Å². The highest BCUT2D eigenvalue weighted by molar-refractivity contribution is 5.78. The maximum absolute atomic E-state index is 11.8. The molecule has 2 aromatic rings. The third-order valence-electron chi connectivity index (χ3n) is 3.19. The molecule has 2 rings (SSSR count). The van der Waals surface area contributed by atoms with Gasteiger partial charge in [-0.15, -0.1) is 0 Å². The van der Waals surface area contributed by atoms with E-state index in [1.807, 2.05) is 30.5 Å². The molecule has 0 unspecified atom stereocenters. The minimum absolute atomic E-state index is 0.102. The van der Waals surface area contributed by atoms with E-state index in [9.17, 15) is 4.79 Å². The Morgan fingerprint density at radius 2 is 2.00 bits per heavy atom. The molecule has 0 spiro atoms. The molecule has 0 saturated heterocycles. The number of hydrogen-bond acceptors (Lipinski definition) is 2. The van der Waals surface area contributed by atoms with Gasteiger partial charge in [-0.2, -0.15) is 0 Å². The van der Waals surface area contributed by atoms with Gasteiger partial charge >= 0.3 is 0 Å². The second-order valence-electron chi connectivity index (χ2n) is 5.34. The fourth-order valence-electron chi connectivity index (χ4n) is 2.22. The van der Waals surface area contributed by atoms with Gasteiger partial charge in [-0.3, -0.25) is 4.79 Å². The SMILES string of the molecule is CC(C)CNCCCn1ccc(=O)c2ccccc21. The topological polar surface area (TPSA) is 34.0 Å². The van der Waals surface area contributed by atoms with Crippen molar-refractivity contribution in [2.45, 2.75) is 26.8 Å². The van der Waals surface area contributed by atoms with Gasteiger partial charge in [0.05, 0.1) is 5.52 Å². The monoisotopic (exact) mass is 258 g/mol. The second-order valence-corrected chi connectivity index (χ2v) is 5.34. The summed E-state index contributed by atoms with van der Waals surface area (Å²) in [4.78, 5) is 11.8. The summed E-state index contributed by atoms with van der Waals surface area (Å²) in [7, 11) is 0. The fraction of sp³-hybridized carbons (Fsp3) is 0.438. The first-order valence-corrected chi connectivity index (χ1v) is 6.97. The minimum Gasteiger partial charge on any atom is -0.347 e. The van der Waals surface area contributed by atoms with E-state index >= 15 is 0 Å². The molecule has 0 aliphatic heterocycles. The Bertz CT molecular complexity index is 587. The Balaban J connectivity index is 2.01. The zero-order valence-corrected chi connectivity index (χ0v) is 11.7. The van der Waals surface area contributed by atoms with Crippen LogP contribution >= 0.6 is 0 Å². The molecule has 1 heterocycles. The molecule has 0 atom stereocenters. The van der Waals surface area contributed by atoms with E-state index in [0.717, 1.165) is 37.0 Å². The number of fused-ring (bicyclic) bond motifs is 1. The van der Waals surface area contributed by atoms with Crippen LogP contribution in [0, 0.1) is 5.92 Å². The van der Waals surface area contributed by atoms with Crippen molar-refractivity contribution in [3.8, 4) is 0 Å². The Labute approximate surface area is 114 Å². The van der Waals surface area contributed by atoms with Crippen LogP contribution in [0.1, 0.15) is 20.3 Å². The molecule has 102 valence electrons. The molecule has 0 amide bonds. The number of nitrogens with zero attached hydrogens (tertiary/aromatic N) is 1. The number of benzene rings is 1. The fourth-order valence-corrected chi connectivity index (χ4v) is 2.22. The Kier molecular flexibility index (Phi) is 4.74. The van der Waals surface area contributed by atoms with Crippen molar-refractivity contribution in [3.05, 3.63) is 46.8 Å². The quantitative estimate of drug-likeness (QED) is 0.808. The number of hydrogen-bond donors (Lipinski definition) is 1. The van der Waals surface area contributed by atoms with E-state index < -0.39 is 0 Å². The Morgan fingerprint density at radius 1 is 1.21 bits per heavy atom. The van der Waals surface area contributed by atoms with Crippen LogP contribution in [0.2, 0.25) is 0 Å². The van der Waals surface area contributed by atoms with Crippen LogP contribution < -0.4 is 10.7 Å². The molecule has 0 fully saturated rings. The molecular formula is C16H22N2O. The van der Waals surface area contributed by atoms with Crippen molar-refractivity contribution < 1.29 is 0 Å². The lowest BCUT2D eigenvalue weighted by Crippen LogP contribution is -2.22. The first kappa shape index (κ1) is 13.8. The number of aryl methyl sites for hydroxylation is 1. The normalized spacial score (nSPS) is 11.3. The lowest BCUT2D eigenvalue weighted by molar-refractivity contribution is 0.524. The van der Waals surface area contributed by atoms with Gasteiger partial charge in [-0.25, -0.2) is 0 Å². The molecule has 0 aliphatic carbocycles. The van der Waals surface area contributed by atoms with Crippen molar-refractivity contribution in [2.75, 3.05) is 13.1 Å². The van der Waals surface area contributed by atoms with Crippen LogP contribution in [0.3, 0.4) is 0 Å². The number of pyridine rings is 1. The number of para-hydroxylation sites is 1. The van der Waals surface area contributed by atoms with Crippen molar-refractivity contribution in [1.82, 2.24) is 9.88 Å². The molecule has 3 nitrogen and oxygen atoms in total. The largest absolute Gasteiger partial charge is 0.347 e. The van der Waals surface area contributed by atoms with Gasteiger partial charge in [-0.1, -0.05) is 26.0 Å². The molecule has 0 bridgehead atoms. The van der Waals surface area contributed by atoms with Crippen LogP contribution in [0.15, 0.2) is 41.3 Å². The lowest BCUT2D eigenvalue weighted by atomic mass is 10.2. The summed E-state index contributed by atoms with van der Waals surface area (Å²) < 4.78 is 2.16. The number of aromatic nitrogens is 1. The molecule has 3 heteroatoms. The highest BCUT2D eigenvalue weighted by atomic mass is 16.1. The van der Waals surface area contributed by atoms with Gasteiger partial charge in [0.2, 0.25) is 0 Å². The van der Waals surface area contributed by atoms with E-state index in [2.05, 4.69) is 23.7 Å². The first-order valence-electron chi connectivity index (χ1n) is 6.97. The molecule has 1 aromatic heterocycles. The zero-order valence-electron chi connectivity index (χ0n) is 11.7. The smallest absolute Gasteiger partial charge is 0.189 e. The maximum atomic E-state index is 11.8. The summed E-state index contributed by atoms with van der Waals surface area (Å²) in [6.45, 7) is 7.43. The van der Waals surface area contributed by atoms with Crippen LogP contribution in [0.25, 0.3) is 10.9 Å². The average molecular weight is 258 g/mol. The van der Waals surface area contributed by atoms with Crippen LogP contribution in [-0.2, 0) is 6.54 Å². The summed E-state index contributed by atoms with van der Waals surface area (Å²) in [6, 6.07) is 9.46. The van der Waals surface area contributed by atoms with Gasteiger partial charge in [0, 0.05) is 24.2 Å². The minimum atomic E-state index is 0.102. The molecule has 0 saturated carbocycles. The second kappa shape index (κ2) is 6.53. The highest BCUT2D eigenvalue weighted by Gasteiger charge is 2.01. The predicted octanol–water partition coefficient (Wildman–Crippen LogP) is 2.64. The Morgan fingerprint density at radius 3 is 2.79 bits per heavy atom. The van der Waals surface area contributed by atoms with Crippen molar-refractivity contribution in [2.24, 2.45) is 5.92 Å². The van der Waals surface area contributed by atoms with Crippen molar-refractivity contribution >= 4 is 10.9 Å². The predicted molar refractivity (Wildman–Crippen MR) is 80.5 cm³/mol. The third kappa shape index (κ3) is 3.67. The highest BCUT2D eigenvalue weighted by Crippen LogP contribution is 2.09. The van der Waals surface area contributed by atoms with Crippen LogP contribution in [-0.4, -0.2) is 17.7 Å². The summed E-state index contributed by atoms with van der Waals surface area (Å²) in [5.74, 6) is 0.688. The number of rotatable bonds is 6. The molecule has 0 radical (unpaired) electrons. The molecule has 1 aromatic carbocycles. The summed E-state index contributed by atoms with van der Waals surface area (Å²) >= 11 is 0. The molecule has 1 N–H and O–H groups in total. The van der Waals surface area contributed by atoms with E-state index in [4.69, 9.17) is 0 Å². The van der Waals surface area contributed by atoms with Gasteiger partial charge in [-0.05, 0) is 37.6 Å². The molecule has 19 heavy (non-hydrogen) atoms. The van der Waals surface area contributed by atoms with Crippen molar-refractivity contribution in [1.29, 1.82) is 0 Å². The zero-order chi connectivity index (χ0) is 13.7. The van der Waals surface area contributed by atoms with Gasteiger partial charge < -0.3 is 9.88 Å². The van der Waals surface area contributed by atoms with Gasteiger partial charge in [0.15, 0.2) is 5.43 Å².